The molecule has 1 amide bonds. The van der Waals surface area contributed by atoms with Gasteiger partial charge in [0, 0.05) is 30.7 Å². The summed E-state index contributed by atoms with van der Waals surface area (Å²) >= 11 is 3.41. The highest BCUT2D eigenvalue weighted by atomic mass is 79.9. The molecule has 2 fully saturated rings. The number of carbonyl (C=O) groups is 1. The number of rotatable bonds is 7. The Morgan fingerprint density at radius 3 is 2.50 bits per heavy atom. The molecule has 1 aromatic heterocycles. The van der Waals surface area contributed by atoms with Gasteiger partial charge in [-0.3, -0.25) is 9.69 Å². The van der Waals surface area contributed by atoms with E-state index in [-0.39, 0.29) is 5.91 Å². The highest BCUT2D eigenvalue weighted by Crippen LogP contribution is 2.23. The van der Waals surface area contributed by atoms with E-state index in [0.717, 1.165) is 69.0 Å². The Morgan fingerprint density at radius 1 is 1.03 bits per heavy atom. The summed E-state index contributed by atoms with van der Waals surface area (Å²) in [7, 11) is 0. The molecule has 162 valence electrons. The van der Waals surface area contributed by atoms with Gasteiger partial charge in [-0.2, -0.15) is 0 Å². The highest BCUT2D eigenvalue weighted by molar-refractivity contribution is 9.10. The van der Waals surface area contributed by atoms with Crippen molar-refractivity contribution in [3.8, 4) is 5.75 Å². The largest absolute Gasteiger partial charge is 0.486 e. The predicted octanol–water partition coefficient (Wildman–Crippen LogP) is 4.20. The number of benzene rings is 1. The Hall–Kier alpha value is -1.83. The monoisotopic (exact) mass is 476 g/mol. The van der Waals surface area contributed by atoms with Crippen molar-refractivity contribution < 1.29 is 18.7 Å². The van der Waals surface area contributed by atoms with Crippen molar-refractivity contribution in [1.29, 1.82) is 0 Å². The normalized spacial score (nSPS) is 18.5. The summed E-state index contributed by atoms with van der Waals surface area (Å²) in [5.41, 5.74) is 0. The van der Waals surface area contributed by atoms with Gasteiger partial charge >= 0.3 is 0 Å². The summed E-state index contributed by atoms with van der Waals surface area (Å²) in [6, 6.07) is 11.2. The van der Waals surface area contributed by atoms with E-state index in [2.05, 4.69) is 20.8 Å². The topological polar surface area (TPSA) is 55.2 Å². The van der Waals surface area contributed by atoms with Crippen LogP contribution >= 0.6 is 15.9 Å². The van der Waals surface area contributed by atoms with E-state index < -0.39 is 0 Å². The molecular formula is C23H29BrN2O4. The first-order valence-corrected chi connectivity index (χ1v) is 11.5. The number of hydrogen-bond acceptors (Lipinski definition) is 5. The van der Waals surface area contributed by atoms with Crippen molar-refractivity contribution in [2.75, 3.05) is 45.9 Å². The first kappa shape index (κ1) is 21.4. The number of carbonyl (C=O) groups excluding carboxylic acids is 1. The van der Waals surface area contributed by atoms with E-state index in [0.29, 0.717) is 24.0 Å². The number of ether oxygens (including phenoxy) is 2. The molecule has 30 heavy (non-hydrogen) atoms. The average Bonchev–Trinajstić information content (AvgIpc) is 3.27. The number of likely N-dealkylation sites (tertiary alicyclic amines) is 1. The van der Waals surface area contributed by atoms with E-state index in [9.17, 15) is 4.79 Å². The SMILES string of the molecule is O=C(c1ccc(COc2ccc(Br)cc2)o1)N1CCC(CCN2CCOCC2)CC1. The summed E-state index contributed by atoms with van der Waals surface area (Å²) in [5, 5.41) is 0. The lowest BCUT2D eigenvalue weighted by Gasteiger charge is -2.33. The number of piperidine rings is 1. The molecule has 6 nitrogen and oxygen atoms in total. The minimum absolute atomic E-state index is 0.0171. The van der Waals surface area contributed by atoms with Crippen LogP contribution in [-0.4, -0.2) is 61.6 Å². The maximum absolute atomic E-state index is 12.8. The molecule has 0 unspecified atom stereocenters. The number of furan rings is 1. The first-order chi connectivity index (χ1) is 14.7. The van der Waals surface area contributed by atoms with Crippen LogP contribution in [0.1, 0.15) is 35.6 Å². The van der Waals surface area contributed by atoms with E-state index in [1.807, 2.05) is 35.2 Å². The Morgan fingerprint density at radius 2 is 1.77 bits per heavy atom. The smallest absolute Gasteiger partial charge is 0.289 e. The second-order valence-electron chi connectivity index (χ2n) is 7.99. The number of nitrogens with zero attached hydrogens (tertiary/aromatic N) is 2. The van der Waals surface area contributed by atoms with E-state index >= 15 is 0 Å². The third-order valence-corrected chi connectivity index (χ3v) is 6.45. The fraction of sp³-hybridized carbons (Fsp3) is 0.522. The number of morpholine rings is 1. The molecule has 4 rings (SSSR count). The van der Waals surface area contributed by atoms with Gasteiger partial charge in [0.25, 0.3) is 5.91 Å². The fourth-order valence-corrected chi connectivity index (χ4v) is 4.29. The summed E-state index contributed by atoms with van der Waals surface area (Å²) in [6.07, 6.45) is 3.34. The molecule has 0 saturated carbocycles. The van der Waals surface area contributed by atoms with Crippen LogP contribution in [-0.2, 0) is 11.3 Å². The average molecular weight is 477 g/mol. The van der Waals surface area contributed by atoms with Crippen LogP contribution < -0.4 is 4.74 Å². The molecule has 3 heterocycles. The zero-order valence-corrected chi connectivity index (χ0v) is 18.8. The van der Waals surface area contributed by atoms with Gasteiger partial charge in [-0.1, -0.05) is 15.9 Å². The molecule has 0 aliphatic carbocycles. The van der Waals surface area contributed by atoms with Crippen molar-refractivity contribution in [2.45, 2.75) is 25.9 Å². The number of halogens is 1. The Bertz CT molecular complexity index is 809. The molecule has 7 heteroatoms. The van der Waals surface area contributed by atoms with Crippen LogP contribution in [0.4, 0.5) is 0 Å². The third-order valence-electron chi connectivity index (χ3n) is 5.93. The highest BCUT2D eigenvalue weighted by Gasteiger charge is 2.26. The Kier molecular flexibility index (Phi) is 7.47. The van der Waals surface area contributed by atoms with E-state index in [1.54, 1.807) is 6.07 Å². The quantitative estimate of drug-likeness (QED) is 0.599. The first-order valence-electron chi connectivity index (χ1n) is 10.7. The Labute approximate surface area is 186 Å². The van der Waals surface area contributed by atoms with Gasteiger partial charge in [-0.05, 0) is 68.1 Å². The lowest BCUT2D eigenvalue weighted by molar-refractivity contribution is 0.0330. The van der Waals surface area contributed by atoms with Crippen molar-refractivity contribution in [2.24, 2.45) is 5.92 Å². The summed E-state index contributed by atoms with van der Waals surface area (Å²) in [5.74, 6) is 2.50. The van der Waals surface area contributed by atoms with Gasteiger partial charge in [0.2, 0.25) is 0 Å². The molecule has 2 aliphatic rings. The molecular weight excluding hydrogens is 448 g/mol. The molecule has 0 spiro atoms. The van der Waals surface area contributed by atoms with Crippen molar-refractivity contribution >= 4 is 21.8 Å². The molecule has 2 aromatic rings. The molecule has 2 saturated heterocycles. The molecule has 0 bridgehead atoms. The third kappa shape index (κ3) is 5.86. The molecule has 0 radical (unpaired) electrons. The van der Waals surface area contributed by atoms with Crippen LogP contribution in [0.3, 0.4) is 0 Å². The predicted molar refractivity (Wildman–Crippen MR) is 118 cm³/mol. The molecule has 1 aromatic carbocycles. The van der Waals surface area contributed by atoms with Crippen LogP contribution in [0.2, 0.25) is 0 Å². The van der Waals surface area contributed by atoms with Gasteiger partial charge in [0.15, 0.2) is 5.76 Å². The lowest BCUT2D eigenvalue weighted by Crippen LogP contribution is -2.40. The molecule has 0 N–H and O–H groups in total. The minimum Gasteiger partial charge on any atom is -0.486 e. The number of hydrogen-bond donors (Lipinski definition) is 0. The maximum atomic E-state index is 12.8. The summed E-state index contributed by atoms with van der Waals surface area (Å²) in [6.45, 7) is 6.85. The van der Waals surface area contributed by atoms with E-state index in [4.69, 9.17) is 13.9 Å². The fourth-order valence-electron chi connectivity index (χ4n) is 4.03. The van der Waals surface area contributed by atoms with Gasteiger partial charge in [-0.15, -0.1) is 0 Å². The van der Waals surface area contributed by atoms with Crippen molar-refractivity contribution in [3.05, 3.63) is 52.4 Å². The zero-order chi connectivity index (χ0) is 20.8. The lowest BCUT2D eigenvalue weighted by atomic mass is 9.93. The second-order valence-corrected chi connectivity index (χ2v) is 8.90. The van der Waals surface area contributed by atoms with Crippen LogP contribution in [0.15, 0.2) is 45.3 Å². The van der Waals surface area contributed by atoms with E-state index in [1.165, 1.54) is 6.42 Å². The summed E-state index contributed by atoms with van der Waals surface area (Å²) < 4.78 is 17.9. The van der Waals surface area contributed by atoms with Gasteiger partial charge in [-0.25, -0.2) is 0 Å². The molecule has 2 aliphatic heterocycles. The number of amides is 1. The second kappa shape index (κ2) is 10.5. The van der Waals surface area contributed by atoms with Gasteiger partial charge in [0.1, 0.15) is 18.1 Å². The zero-order valence-electron chi connectivity index (χ0n) is 17.2. The van der Waals surface area contributed by atoms with Crippen molar-refractivity contribution in [1.82, 2.24) is 9.80 Å². The van der Waals surface area contributed by atoms with Gasteiger partial charge in [0.05, 0.1) is 13.2 Å². The van der Waals surface area contributed by atoms with Crippen molar-refractivity contribution in [3.63, 3.8) is 0 Å². The maximum Gasteiger partial charge on any atom is 0.289 e. The van der Waals surface area contributed by atoms with Crippen LogP contribution in [0.25, 0.3) is 0 Å². The minimum atomic E-state index is -0.0171. The molecule has 0 atom stereocenters. The van der Waals surface area contributed by atoms with Crippen LogP contribution in [0.5, 0.6) is 5.75 Å². The Balaban J connectivity index is 1.21. The summed E-state index contributed by atoms with van der Waals surface area (Å²) in [4.78, 5) is 17.2. The van der Waals surface area contributed by atoms with Crippen LogP contribution in [0, 0.1) is 5.92 Å². The van der Waals surface area contributed by atoms with Gasteiger partial charge < -0.3 is 18.8 Å². The standard InChI is InChI=1S/C23H29BrN2O4/c24-19-1-3-20(4-2-19)29-17-21-5-6-22(30-21)23(27)26-11-8-18(9-12-26)7-10-25-13-15-28-16-14-25/h1-6,18H,7-17H2.